The van der Waals surface area contributed by atoms with Gasteiger partial charge in [0.2, 0.25) is 0 Å². The van der Waals surface area contributed by atoms with Crippen molar-refractivity contribution in [3.8, 4) is 0 Å². The number of hydrogen-bond acceptors (Lipinski definition) is 3. The number of aromatic nitrogens is 2. The monoisotopic (exact) mass is 459 g/mol. The molecular weight excluding hydrogens is 436 g/mol. The quantitative estimate of drug-likeness (QED) is 0.626. The maximum absolute atomic E-state index is 14.0. The van der Waals surface area contributed by atoms with Crippen LogP contribution in [-0.2, 0) is 11.2 Å². The molecule has 0 N–H and O–H groups in total. The second kappa shape index (κ2) is 7.09. The predicted molar refractivity (Wildman–Crippen MR) is 102 cm³/mol. The molecule has 3 heterocycles. The second-order valence-corrected chi connectivity index (χ2v) is 8.45. The van der Waals surface area contributed by atoms with Crippen molar-refractivity contribution in [2.24, 2.45) is 0 Å². The molecule has 1 atom stereocenters. The van der Waals surface area contributed by atoms with Gasteiger partial charge in [-0.25, -0.2) is 14.2 Å². The summed E-state index contributed by atoms with van der Waals surface area (Å²) in [6.07, 6.45) is 5.10. The summed E-state index contributed by atoms with van der Waals surface area (Å²) in [4.78, 5) is 18.8. The van der Waals surface area contributed by atoms with E-state index in [-0.39, 0.29) is 18.0 Å². The van der Waals surface area contributed by atoms with Crippen molar-refractivity contribution in [2.75, 3.05) is 6.54 Å². The summed E-state index contributed by atoms with van der Waals surface area (Å²) in [5.74, 6) is -0.334. The molecule has 0 aliphatic carbocycles. The minimum absolute atomic E-state index is 0.0325. The van der Waals surface area contributed by atoms with Gasteiger partial charge in [0, 0.05) is 25.2 Å². The first kappa shape index (κ1) is 18.4. The normalized spacial score (nSPS) is 18.6. The molecule has 5 nitrogen and oxygen atoms in total. The lowest BCUT2D eigenvalue weighted by molar-refractivity contribution is 0.00984. The number of carbonyl (C=O) groups excluding carboxylic acids is 1. The molecule has 1 saturated heterocycles. The fourth-order valence-electron chi connectivity index (χ4n) is 3.18. The summed E-state index contributed by atoms with van der Waals surface area (Å²) in [5.41, 5.74) is 0.646. The standard InChI is InChI=1S/C18H23FIN3O2/c1-18(2,3)25-17(24)22-9-5-4-7-12(22)11-14-15(20)23-10-6-8-13(19)16(23)21-14/h6,8,10,12H,4-5,7,9,11H2,1-3H3/t12-/m0/s1. The van der Waals surface area contributed by atoms with Gasteiger partial charge in [0.1, 0.15) is 9.30 Å². The van der Waals surface area contributed by atoms with Gasteiger partial charge in [0.15, 0.2) is 11.5 Å². The molecule has 136 valence electrons. The van der Waals surface area contributed by atoms with Gasteiger partial charge in [0.25, 0.3) is 0 Å². The van der Waals surface area contributed by atoms with Crippen LogP contribution in [0, 0.1) is 9.52 Å². The van der Waals surface area contributed by atoms with E-state index in [0.717, 1.165) is 28.7 Å². The molecule has 0 bridgehead atoms. The van der Waals surface area contributed by atoms with E-state index < -0.39 is 5.60 Å². The molecule has 2 aromatic rings. The van der Waals surface area contributed by atoms with E-state index in [1.165, 1.54) is 6.07 Å². The number of hydrogen-bond donors (Lipinski definition) is 0. The van der Waals surface area contributed by atoms with E-state index in [2.05, 4.69) is 27.6 Å². The number of likely N-dealkylation sites (tertiary alicyclic amines) is 1. The Balaban J connectivity index is 1.84. The number of imidazole rings is 1. The van der Waals surface area contributed by atoms with E-state index in [9.17, 15) is 9.18 Å². The topological polar surface area (TPSA) is 46.8 Å². The molecular formula is C18H23FIN3O2. The second-order valence-electron chi connectivity index (χ2n) is 7.43. The number of amides is 1. The Kier molecular flexibility index (Phi) is 5.22. The van der Waals surface area contributed by atoms with Gasteiger partial charge in [-0.05, 0) is 74.8 Å². The summed E-state index contributed by atoms with van der Waals surface area (Å²) in [5, 5.41) is 0. The van der Waals surface area contributed by atoms with E-state index in [1.807, 2.05) is 31.9 Å². The van der Waals surface area contributed by atoms with Gasteiger partial charge in [-0.1, -0.05) is 0 Å². The van der Waals surface area contributed by atoms with Crippen LogP contribution in [0.5, 0.6) is 0 Å². The van der Waals surface area contributed by atoms with E-state index in [0.29, 0.717) is 18.6 Å². The van der Waals surface area contributed by atoms with Crippen LogP contribution < -0.4 is 0 Å². The lowest BCUT2D eigenvalue weighted by atomic mass is 9.98. The van der Waals surface area contributed by atoms with E-state index >= 15 is 0 Å². The van der Waals surface area contributed by atoms with E-state index in [4.69, 9.17) is 4.74 Å². The largest absolute Gasteiger partial charge is 0.444 e. The fourth-order valence-corrected chi connectivity index (χ4v) is 3.91. The van der Waals surface area contributed by atoms with Crippen molar-refractivity contribution in [3.63, 3.8) is 0 Å². The van der Waals surface area contributed by atoms with Crippen LogP contribution in [0.4, 0.5) is 9.18 Å². The van der Waals surface area contributed by atoms with Crippen molar-refractivity contribution >= 4 is 34.3 Å². The van der Waals surface area contributed by atoms with Crippen LogP contribution >= 0.6 is 22.6 Å². The molecule has 1 aliphatic rings. The maximum atomic E-state index is 14.0. The Bertz CT molecular complexity index is 784. The van der Waals surface area contributed by atoms with Crippen molar-refractivity contribution in [1.29, 1.82) is 0 Å². The lowest BCUT2D eigenvalue weighted by Gasteiger charge is -2.36. The molecule has 1 aliphatic heterocycles. The molecule has 3 rings (SSSR count). The average Bonchev–Trinajstić information content (AvgIpc) is 2.84. The Morgan fingerprint density at radius 2 is 2.20 bits per heavy atom. The number of nitrogens with zero attached hydrogens (tertiary/aromatic N) is 3. The summed E-state index contributed by atoms with van der Waals surface area (Å²) >= 11 is 2.19. The van der Waals surface area contributed by atoms with E-state index in [1.54, 1.807) is 10.5 Å². The van der Waals surface area contributed by atoms with Crippen LogP contribution in [0.25, 0.3) is 5.65 Å². The SMILES string of the molecule is CC(C)(C)OC(=O)N1CCCC[C@H]1Cc1nc2c(F)cccn2c1I. The summed E-state index contributed by atoms with van der Waals surface area (Å²) in [6.45, 7) is 6.31. The Morgan fingerprint density at radius 1 is 1.44 bits per heavy atom. The predicted octanol–water partition coefficient (Wildman–Crippen LogP) is 4.41. The maximum Gasteiger partial charge on any atom is 0.410 e. The lowest BCUT2D eigenvalue weighted by Crippen LogP contribution is -2.47. The fraction of sp³-hybridized carbons (Fsp3) is 0.556. The average molecular weight is 459 g/mol. The van der Waals surface area contributed by atoms with Crippen LogP contribution in [0.15, 0.2) is 18.3 Å². The number of piperidine rings is 1. The van der Waals surface area contributed by atoms with Gasteiger partial charge < -0.3 is 9.64 Å². The van der Waals surface area contributed by atoms with Crippen molar-refractivity contribution < 1.29 is 13.9 Å². The zero-order chi connectivity index (χ0) is 18.2. The molecule has 25 heavy (non-hydrogen) atoms. The third kappa shape index (κ3) is 4.07. The first-order valence-electron chi connectivity index (χ1n) is 8.57. The molecule has 0 unspecified atom stereocenters. The van der Waals surface area contributed by atoms with Crippen LogP contribution in [-0.4, -0.2) is 38.6 Å². The van der Waals surface area contributed by atoms with Gasteiger partial charge in [0.05, 0.1) is 5.69 Å². The minimum atomic E-state index is -0.514. The number of pyridine rings is 1. The Morgan fingerprint density at radius 3 is 2.88 bits per heavy atom. The molecule has 0 radical (unpaired) electrons. The molecule has 1 amide bonds. The summed E-state index contributed by atoms with van der Waals surface area (Å²) in [7, 11) is 0. The van der Waals surface area contributed by atoms with Crippen molar-refractivity contribution in [2.45, 2.75) is 58.1 Å². The number of rotatable bonds is 2. The molecule has 1 fully saturated rings. The molecule has 0 aromatic carbocycles. The van der Waals surface area contributed by atoms with Crippen LogP contribution in [0.1, 0.15) is 45.7 Å². The van der Waals surface area contributed by atoms with Gasteiger partial charge in [-0.15, -0.1) is 0 Å². The van der Waals surface area contributed by atoms with Crippen molar-refractivity contribution in [1.82, 2.24) is 14.3 Å². The third-order valence-electron chi connectivity index (χ3n) is 4.29. The molecule has 0 spiro atoms. The zero-order valence-corrected chi connectivity index (χ0v) is 16.9. The highest BCUT2D eigenvalue weighted by atomic mass is 127. The zero-order valence-electron chi connectivity index (χ0n) is 14.8. The first-order chi connectivity index (χ1) is 11.8. The van der Waals surface area contributed by atoms with Crippen LogP contribution in [0.3, 0.4) is 0 Å². The number of ether oxygens (including phenoxy) is 1. The Hall–Kier alpha value is -1.38. The number of carbonyl (C=O) groups is 1. The van der Waals surface area contributed by atoms with Crippen molar-refractivity contribution in [3.05, 3.63) is 33.5 Å². The first-order valence-corrected chi connectivity index (χ1v) is 9.65. The highest BCUT2D eigenvalue weighted by molar-refractivity contribution is 14.1. The highest BCUT2D eigenvalue weighted by Crippen LogP contribution is 2.26. The molecule has 7 heteroatoms. The minimum Gasteiger partial charge on any atom is -0.444 e. The Labute approximate surface area is 160 Å². The van der Waals surface area contributed by atoms with Gasteiger partial charge in [-0.2, -0.15) is 0 Å². The summed E-state index contributed by atoms with van der Waals surface area (Å²) in [6, 6.07) is 3.12. The smallest absolute Gasteiger partial charge is 0.410 e. The molecule has 0 saturated carbocycles. The highest BCUT2D eigenvalue weighted by Gasteiger charge is 2.31. The van der Waals surface area contributed by atoms with Gasteiger partial charge >= 0.3 is 6.09 Å². The van der Waals surface area contributed by atoms with Gasteiger partial charge in [-0.3, -0.25) is 4.40 Å². The summed E-state index contributed by atoms with van der Waals surface area (Å²) < 4.78 is 22.2. The number of fused-ring (bicyclic) bond motifs is 1. The third-order valence-corrected chi connectivity index (χ3v) is 5.44. The molecule has 2 aromatic heterocycles. The van der Waals surface area contributed by atoms with Crippen LogP contribution in [0.2, 0.25) is 0 Å². The number of halogens is 2.